The quantitative estimate of drug-likeness (QED) is 0.845. The predicted octanol–water partition coefficient (Wildman–Crippen LogP) is 2.66. The molecule has 2 rings (SSSR count). The largest absolute Gasteiger partial charge is 0.479 e. The Hall–Kier alpha value is -1.45. The van der Waals surface area contributed by atoms with Gasteiger partial charge in [0.05, 0.1) is 12.8 Å². The number of nitrogens with zero attached hydrogens (tertiary/aromatic N) is 1. The maximum atomic E-state index is 5.74. The van der Waals surface area contributed by atoms with Gasteiger partial charge in [0.2, 0.25) is 5.88 Å². The highest BCUT2D eigenvalue weighted by Gasteiger charge is 2.18. The first-order chi connectivity index (χ1) is 8.19. The third-order valence-electron chi connectivity index (χ3n) is 3.45. The van der Waals surface area contributed by atoms with Crippen molar-refractivity contribution in [1.82, 2.24) is 4.98 Å². The summed E-state index contributed by atoms with van der Waals surface area (Å²) in [6.07, 6.45) is 5.03. The van der Waals surface area contributed by atoms with Crippen molar-refractivity contribution in [2.75, 3.05) is 18.2 Å². The number of nitrogens with two attached hydrogens (primary N) is 1. The van der Waals surface area contributed by atoms with Crippen molar-refractivity contribution >= 4 is 11.5 Å². The van der Waals surface area contributed by atoms with Crippen LogP contribution in [0.15, 0.2) is 12.1 Å². The van der Waals surface area contributed by atoms with Crippen LogP contribution in [0.5, 0.6) is 5.88 Å². The molecule has 0 unspecified atom stereocenters. The van der Waals surface area contributed by atoms with Gasteiger partial charge in [-0.25, -0.2) is 0 Å². The van der Waals surface area contributed by atoms with Crippen LogP contribution in [-0.4, -0.2) is 18.1 Å². The molecule has 1 aromatic heterocycles. The van der Waals surface area contributed by atoms with E-state index in [0.29, 0.717) is 17.6 Å². The first kappa shape index (κ1) is 12.0. The van der Waals surface area contributed by atoms with Crippen LogP contribution in [0, 0.1) is 5.92 Å². The Kier molecular flexibility index (Phi) is 3.71. The first-order valence-electron chi connectivity index (χ1n) is 6.26. The molecule has 1 heterocycles. The standard InChI is InChI=1S/C13H21N3O/c1-9-3-5-10(6-4-9)15-12-8-7-11(14)13(16-12)17-2/h7-10H,3-6,14H2,1-2H3,(H,15,16). The Morgan fingerprint density at radius 2 is 2.00 bits per heavy atom. The number of pyridine rings is 1. The second-order valence-electron chi connectivity index (χ2n) is 4.90. The van der Waals surface area contributed by atoms with Crippen LogP contribution in [-0.2, 0) is 0 Å². The minimum absolute atomic E-state index is 0.499. The Balaban J connectivity index is 1.99. The Bertz CT molecular complexity index is 373. The minimum atomic E-state index is 0.499. The van der Waals surface area contributed by atoms with Gasteiger partial charge in [0, 0.05) is 6.04 Å². The van der Waals surface area contributed by atoms with Crippen LogP contribution >= 0.6 is 0 Å². The molecule has 0 bridgehead atoms. The second-order valence-corrected chi connectivity index (χ2v) is 4.90. The maximum Gasteiger partial charge on any atom is 0.238 e. The van der Waals surface area contributed by atoms with Crippen molar-refractivity contribution < 1.29 is 4.74 Å². The highest BCUT2D eigenvalue weighted by molar-refractivity contribution is 5.53. The lowest BCUT2D eigenvalue weighted by Gasteiger charge is -2.27. The van der Waals surface area contributed by atoms with Crippen molar-refractivity contribution in [1.29, 1.82) is 0 Å². The number of methoxy groups -OCH3 is 1. The van der Waals surface area contributed by atoms with Crippen LogP contribution in [0.25, 0.3) is 0 Å². The number of ether oxygens (including phenoxy) is 1. The number of nitrogen functional groups attached to an aromatic ring is 1. The van der Waals surface area contributed by atoms with Crippen LogP contribution < -0.4 is 15.8 Å². The topological polar surface area (TPSA) is 60.2 Å². The molecule has 0 saturated heterocycles. The van der Waals surface area contributed by atoms with E-state index in [4.69, 9.17) is 10.5 Å². The minimum Gasteiger partial charge on any atom is -0.479 e. The van der Waals surface area contributed by atoms with Crippen LogP contribution in [0.3, 0.4) is 0 Å². The molecule has 0 aromatic carbocycles. The fraction of sp³-hybridized carbons (Fsp3) is 0.615. The van der Waals surface area contributed by atoms with Crippen molar-refractivity contribution in [2.24, 2.45) is 5.92 Å². The zero-order valence-corrected chi connectivity index (χ0v) is 10.6. The smallest absolute Gasteiger partial charge is 0.238 e. The lowest BCUT2D eigenvalue weighted by molar-refractivity contribution is 0.360. The second kappa shape index (κ2) is 5.25. The maximum absolute atomic E-state index is 5.74. The van der Waals surface area contributed by atoms with Gasteiger partial charge in [0.15, 0.2) is 0 Å². The molecule has 1 saturated carbocycles. The third kappa shape index (κ3) is 3.02. The van der Waals surface area contributed by atoms with Crippen molar-refractivity contribution in [2.45, 2.75) is 38.6 Å². The number of nitrogens with one attached hydrogen (secondary N) is 1. The SMILES string of the molecule is COc1nc(NC2CCC(C)CC2)ccc1N. The lowest BCUT2D eigenvalue weighted by atomic mass is 9.87. The van der Waals surface area contributed by atoms with Gasteiger partial charge in [-0.05, 0) is 43.7 Å². The van der Waals surface area contributed by atoms with Gasteiger partial charge >= 0.3 is 0 Å². The molecule has 1 aromatic rings. The fourth-order valence-corrected chi connectivity index (χ4v) is 2.31. The molecular formula is C13H21N3O. The van der Waals surface area contributed by atoms with Crippen LogP contribution in [0.2, 0.25) is 0 Å². The van der Waals surface area contributed by atoms with Gasteiger partial charge in [-0.15, -0.1) is 0 Å². The summed E-state index contributed by atoms with van der Waals surface area (Å²) in [5.74, 6) is 2.22. The van der Waals surface area contributed by atoms with Gasteiger partial charge in [-0.2, -0.15) is 4.98 Å². The summed E-state index contributed by atoms with van der Waals surface area (Å²) in [6.45, 7) is 2.32. The van der Waals surface area contributed by atoms with Crippen molar-refractivity contribution in [3.05, 3.63) is 12.1 Å². The molecule has 0 spiro atoms. The molecule has 0 aliphatic heterocycles. The number of hydrogen-bond donors (Lipinski definition) is 2. The van der Waals surface area contributed by atoms with E-state index in [1.165, 1.54) is 25.7 Å². The zero-order chi connectivity index (χ0) is 12.3. The van der Waals surface area contributed by atoms with Crippen molar-refractivity contribution in [3.8, 4) is 5.88 Å². The lowest BCUT2D eigenvalue weighted by Crippen LogP contribution is -2.25. The number of rotatable bonds is 3. The van der Waals surface area contributed by atoms with Gasteiger partial charge < -0.3 is 15.8 Å². The summed E-state index contributed by atoms with van der Waals surface area (Å²) >= 11 is 0. The zero-order valence-electron chi connectivity index (χ0n) is 10.6. The van der Waals surface area contributed by atoms with E-state index in [0.717, 1.165) is 11.7 Å². The van der Waals surface area contributed by atoms with Crippen molar-refractivity contribution in [3.63, 3.8) is 0 Å². The molecule has 3 N–H and O–H groups in total. The van der Waals surface area contributed by atoms with Gasteiger partial charge in [-0.1, -0.05) is 6.92 Å². The molecule has 1 aliphatic rings. The molecule has 1 aliphatic carbocycles. The monoisotopic (exact) mass is 235 g/mol. The summed E-state index contributed by atoms with van der Waals surface area (Å²) in [4.78, 5) is 4.35. The van der Waals surface area contributed by atoms with E-state index >= 15 is 0 Å². The number of aromatic nitrogens is 1. The molecule has 0 atom stereocenters. The van der Waals surface area contributed by atoms with E-state index in [1.807, 2.05) is 12.1 Å². The predicted molar refractivity (Wildman–Crippen MR) is 70.2 cm³/mol. The average molecular weight is 235 g/mol. The molecular weight excluding hydrogens is 214 g/mol. The fourth-order valence-electron chi connectivity index (χ4n) is 2.31. The number of anilines is 2. The molecule has 1 fully saturated rings. The van der Waals surface area contributed by atoms with E-state index in [-0.39, 0.29) is 0 Å². The Morgan fingerprint density at radius 1 is 1.29 bits per heavy atom. The highest BCUT2D eigenvalue weighted by atomic mass is 16.5. The van der Waals surface area contributed by atoms with Crippen LogP contribution in [0.4, 0.5) is 11.5 Å². The highest BCUT2D eigenvalue weighted by Crippen LogP contribution is 2.27. The molecule has 0 radical (unpaired) electrons. The summed E-state index contributed by atoms with van der Waals surface area (Å²) in [7, 11) is 1.59. The molecule has 4 heteroatoms. The summed E-state index contributed by atoms with van der Waals surface area (Å²) < 4.78 is 5.12. The first-order valence-corrected chi connectivity index (χ1v) is 6.26. The third-order valence-corrected chi connectivity index (χ3v) is 3.45. The summed E-state index contributed by atoms with van der Waals surface area (Å²) in [5.41, 5.74) is 6.32. The van der Waals surface area contributed by atoms with E-state index < -0.39 is 0 Å². The van der Waals surface area contributed by atoms with Gasteiger partial charge in [-0.3, -0.25) is 0 Å². The van der Waals surface area contributed by atoms with Crippen LogP contribution in [0.1, 0.15) is 32.6 Å². The molecule has 0 amide bonds. The average Bonchev–Trinajstić information content (AvgIpc) is 2.34. The normalized spacial score (nSPS) is 24.4. The van der Waals surface area contributed by atoms with E-state index in [1.54, 1.807) is 7.11 Å². The van der Waals surface area contributed by atoms with E-state index in [9.17, 15) is 0 Å². The summed E-state index contributed by atoms with van der Waals surface area (Å²) in [6, 6.07) is 4.28. The summed E-state index contributed by atoms with van der Waals surface area (Å²) in [5, 5.41) is 3.46. The van der Waals surface area contributed by atoms with Gasteiger partial charge in [0.25, 0.3) is 0 Å². The Labute approximate surface area is 103 Å². The number of hydrogen-bond acceptors (Lipinski definition) is 4. The molecule has 94 valence electrons. The Morgan fingerprint density at radius 3 is 2.65 bits per heavy atom. The van der Waals surface area contributed by atoms with E-state index in [2.05, 4.69) is 17.2 Å². The molecule has 17 heavy (non-hydrogen) atoms. The van der Waals surface area contributed by atoms with Gasteiger partial charge in [0.1, 0.15) is 5.82 Å². The molecule has 4 nitrogen and oxygen atoms in total.